The van der Waals surface area contributed by atoms with E-state index in [2.05, 4.69) is 75.2 Å². The molecule has 1 unspecified atom stereocenters. The van der Waals surface area contributed by atoms with Crippen LogP contribution in [-0.2, 0) is 13.0 Å². The van der Waals surface area contributed by atoms with Crippen LogP contribution in [0.15, 0.2) is 36.4 Å². The highest BCUT2D eigenvalue weighted by molar-refractivity contribution is 5.85. The van der Waals surface area contributed by atoms with Gasteiger partial charge in [-0.25, -0.2) is 4.98 Å². The quantitative estimate of drug-likeness (QED) is 0.328. The van der Waals surface area contributed by atoms with Crippen molar-refractivity contribution in [1.82, 2.24) is 14.6 Å². The van der Waals surface area contributed by atoms with E-state index in [-0.39, 0.29) is 0 Å². The van der Waals surface area contributed by atoms with Gasteiger partial charge >= 0.3 is 0 Å². The lowest BCUT2D eigenvalue weighted by Gasteiger charge is -2.39. The topological polar surface area (TPSA) is 42.7 Å². The second kappa shape index (κ2) is 9.03. The summed E-state index contributed by atoms with van der Waals surface area (Å²) in [6.45, 7) is 14.0. The Kier molecular flexibility index (Phi) is 6.04. The van der Waals surface area contributed by atoms with Crippen molar-refractivity contribution in [3.05, 3.63) is 75.6 Å². The smallest absolute Gasteiger partial charge is 0.165 e. The number of hydrogen-bond donors (Lipinski definition) is 0. The maximum atomic E-state index is 5.38. The van der Waals surface area contributed by atoms with Crippen molar-refractivity contribution in [3.8, 4) is 16.9 Å². The zero-order chi connectivity index (χ0) is 24.9. The molecular weight excluding hydrogens is 432 g/mol. The zero-order valence-corrected chi connectivity index (χ0v) is 22.1. The number of rotatable bonds is 5. The summed E-state index contributed by atoms with van der Waals surface area (Å²) in [6.07, 6.45) is 3.28. The Morgan fingerprint density at radius 3 is 2.26 bits per heavy atom. The average Bonchev–Trinajstić information content (AvgIpc) is 3.14. The van der Waals surface area contributed by atoms with Gasteiger partial charge in [-0.15, -0.1) is 0 Å². The van der Waals surface area contributed by atoms with E-state index >= 15 is 0 Å². The zero-order valence-electron chi connectivity index (χ0n) is 22.1. The van der Waals surface area contributed by atoms with Crippen LogP contribution >= 0.6 is 0 Å². The van der Waals surface area contributed by atoms with Crippen LogP contribution in [0.25, 0.3) is 16.8 Å². The highest BCUT2D eigenvalue weighted by atomic mass is 16.5. The first-order valence-electron chi connectivity index (χ1n) is 12.7. The van der Waals surface area contributed by atoms with E-state index in [4.69, 9.17) is 14.8 Å². The lowest BCUT2D eigenvalue weighted by atomic mass is 9.93. The number of nitrogens with zero attached hydrogens (tertiary/aromatic N) is 4. The van der Waals surface area contributed by atoms with Gasteiger partial charge in [0.25, 0.3) is 0 Å². The van der Waals surface area contributed by atoms with E-state index < -0.39 is 0 Å². The molecule has 5 rings (SSSR count). The average molecular weight is 469 g/mol. The predicted molar refractivity (Wildman–Crippen MR) is 144 cm³/mol. The Bertz CT molecular complexity index is 1380. The van der Waals surface area contributed by atoms with Crippen LogP contribution in [0.1, 0.15) is 59.0 Å². The standard InChI is InChI=1S/C30H36N4O/c1-8-24-11-14-26-21(5)31-29-28(27-19(3)15-18(2)16-20(27)4)22(6)32-34(29)30(26)33(24)17-23-9-12-25(35-7)13-10-23/h9-10,12-13,15-16,24H,8,11,14,17H2,1-7H3. The molecule has 3 heterocycles. The summed E-state index contributed by atoms with van der Waals surface area (Å²) in [7, 11) is 1.71. The molecule has 35 heavy (non-hydrogen) atoms. The van der Waals surface area contributed by atoms with Crippen LogP contribution in [-0.4, -0.2) is 27.7 Å². The molecule has 0 N–H and O–H groups in total. The fraction of sp³-hybridized carbons (Fsp3) is 0.400. The minimum atomic E-state index is 0.463. The summed E-state index contributed by atoms with van der Waals surface area (Å²) < 4.78 is 7.52. The molecule has 1 aliphatic heterocycles. The Hall–Kier alpha value is -3.34. The van der Waals surface area contributed by atoms with Crippen LogP contribution < -0.4 is 9.64 Å². The van der Waals surface area contributed by atoms with Gasteiger partial charge in [0, 0.05) is 23.8 Å². The second-order valence-electron chi connectivity index (χ2n) is 10.0. The predicted octanol–water partition coefficient (Wildman–Crippen LogP) is 6.68. The van der Waals surface area contributed by atoms with Crippen LogP contribution in [0, 0.1) is 34.6 Å². The molecule has 0 saturated heterocycles. The molecule has 0 saturated carbocycles. The Morgan fingerprint density at radius 2 is 1.63 bits per heavy atom. The molecule has 0 radical (unpaired) electrons. The number of fused-ring (bicyclic) bond motifs is 3. The van der Waals surface area contributed by atoms with Gasteiger partial charge < -0.3 is 9.64 Å². The van der Waals surface area contributed by atoms with E-state index in [1.54, 1.807) is 7.11 Å². The summed E-state index contributed by atoms with van der Waals surface area (Å²) in [5.74, 6) is 2.09. The molecule has 0 amide bonds. The minimum Gasteiger partial charge on any atom is -0.497 e. The molecule has 1 atom stereocenters. The summed E-state index contributed by atoms with van der Waals surface area (Å²) in [4.78, 5) is 7.73. The van der Waals surface area contributed by atoms with Crippen molar-refractivity contribution < 1.29 is 4.74 Å². The molecule has 4 aromatic rings. The fourth-order valence-electron chi connectivity index (χ4n) is 5.93. The summed E-state index contributed by atoms with van der Waals surface area (Å²) in [5.41, 5.74) is 12.0. The second-order valence-corrected chi connectivity index (χ2v) is 10.0. The first-order chi connectivity index (χ1) is 16.8. The van der Waals surface area contributed by atoms with Crippen molar-refractivity contribution in [2.24, 2.45) is 0 Å². The fourth-order valence-corrected chi connectivity index (χ4v) is 5.93. The summed E-state index contributed by atoms with van der Waals surface area (Å²) >= 11 is 0. The van der Waals surface area contributed by atoms with E-state index in [1.807, 2.05) is 12.1 Å². The third kappa shape index (κ3) is 3.97. The van der Waals surface area contributed by atoms with Crippen LogP contribution in [0.3, 0.4) is 0 Å². The lowest BCUT2D eigenvalue weighted by Crippen LogP contribution is -2.40. The van der Waals surface area contributed by atoms with Gasteiger partial charge in [-0.05, 0) is 88.3 Å². The van der Waals surface area contributed by atoms with Crippen LogP contribution in [0.5, 0.6) is 5.75 Å². The molecular formula is C30H36N4O. The third-order valence-electron chi connectivity index (χ3n) is 7.57. The van der Waals surface area contributed by atoms with E-state index in [0.29, 0.717) is 6.04 Å². The van der Waals surface area contributed by atoms with Gasteiger partial charge in [-0.1, -0.05) is 36.8 Å². The van der Waals surface area contributed by atoms with Crippen LogP contribution in [0.2, 0.25) is 0 Å². The van der Waals surface area contributed by atoms with Gasteiger partial charge in [0.15, 0.2) is 5.65 Å². The first kappa shape index (κ1) is 23.4. The summed E-state index contributed by atoms with van der Waals surface area (Å²) in [5, 5.41) is 5.13. The number of ether oxygens (including phenoxy) is 1. The first-order valence-corrected chi connectivity index (χ1v) is 12.7. The summed E-state index contributed by atoms with van der Waals surface area (Å²) in [6, 6.07) is 13.4. The van der Waals surface area contributed by atoms with Crippen molar-refractivity contribution in [2.75, 3.05) is 12.0 Å². The Balaban J connectivity index is 1.72. The molecule has 2 aromatic heterocycles. The Morgan fingerprint density at radius 1 is 0.943 bits per heavy atom. The molecule has 0 bridgehead atoms. The molecule has 1 aliphatic rings. The molecule has 0 fully saturated rings. The number of anilines is 1. The maximum Gasteiger partial charge on any atom is 0.165 e. The van der Waals surface area contributed by atoms with E-state index in [9.17, 15) is 0 Å². The third-order valence-corrected chi connectivity index (χ3v) is 7.57. The van der Waals surface area contributed by atoms with Crippen molar-refractivity contribution in [1.29, 1.82) is 0 Å². The van der Waals surface area contributed by atoms with Crippen molar-refractivity contribution in [3.63, 3.8) is 0 Å². The molecule has 182 valence electrons. The highest BCUT2D eigenvalue weighted by Crippen LogP contribution is 2.40. The number of aromatic nitrogens is 3. The van der Waals surface area contributed by atoms with Gasteiger partial charge in [0.1, 0.15) is 11.6 Å². The van der Waals surface area contributed by atoms with Gasteiger partial charge in [0.05, 0.1) is 18.4 Å². The van der Waals surface area contributed by atoms with E-state index in [1.165, 1.54) is 39.2 Å². The minimum absolute atomic E-state index is 0.463. The lowest BCUT2D eigenvalue weighted by molar-refractivity contribution is 0.414. The molecule has 2 aromatic carbocycles. The molecule has 0 aliphatic carbocycles. The van der Waals surface area contributed by atoms with Crippen LogP contribution in [0.4, 0.5) is 5.82 Å². The SMILES string of the molecule is CCC1CCc2c(C)nc3c(-c4c(C)cc(C)cc4C)c(C)nn3c2N1Cc1ccc(OC)cc1. The number of methoxy groups -OCH3 is 1. The van der Waals surface area contributed by atoms with Gasteiger partial charge in [-0.2, -0.15) is 9.61 Å². The monoisotopic (exact) mass is 468 g/mol. The number of hydrogen-bond acceptors (Lipinski definition) is 4. The molecule has 0 spiro atoms. The van der Waals surface area contributed by atoms with Crippen molar-refractivity contribution >= 4 is 11.5 Å². The van der Waals surface area contributed by atoms with Gasteiger partial charge in [0.2, 0.25) is 0 Å². The van der Waals surface area contributed by atoms with Gasteiger partial charge in [-0.3, -0.25) is 0 Å². The number of benzene rings is 2. The van der Waals surface area contributed by atoms with Crippen molar-refractivity contribution in [2.45, 2.75) is 73.4 Å². The maximum absolute atomic E-state index is 5.38. The molecule has 5 heteroatoms. The number of aryl methyl sites for hydroxylation is 5. The molecule has 5 nitrogen and oxygen atoms in total. The highest BCUT2D eigenvalue weighted by Gasteiger charge is 2.31. The van der Waals surface area contributed by atoms with E-state index in [0.717, 1.165) is 54.2 Å². The Labute approximate surface area is 208 Å². The largest absolute Gasteiger partial charge is 0.497 e. The normalized spacial score (nSPS) is 15.5.